The van der Waals surface area contributed by atoms with Crippen LogP contribution in [0.2, 0.25) is 0 Å². The number of nitriles is 1. The molecule has 0 saturated carbocycles. The molecule has 0 spiro atoms. The van der Waals surface area contributed by atoms with Gasteiger partial charge in [-0.15, -0.1) is 0 Å². The number of hydrogen-bond donors (Lipinski definition) is 1. The van der Waals surface area contributed by atoms with Gasteiger partial charge in [0.2, 0.25) is 0 Å². The molecule has 2 heteroatoms. The predicted molar refractivity (Wildman–Crippen MR) is 74.3 cm³/mol. The number of benzene rings is 1. The van der Waals surface area contributed by atoms with E-state index in [0.29, 0.717) is 6.61 Å². The van der Waals surface area contributed by atoms with Gasteiger partial charge in [0.25, 0.3) is 0 Å². The summed E-state index contributed by atoms with van der Waals surface area (Å²) in [6.45, 7) is 0.332. The molecule has 18 heavy (non-hydrogen) atoms. The second-order valence-electron chi connectivity index (χ2n) is 4.76. The van der Waals surface area contributed by atoms with Crippen molar-refractivity contribution in [3.63, 3.8) is 0 Å². The molecule has 2 nitrogen and oxygen atoms in total. The highest BCUT2D eigenvalue weighted by atomic mass is 16.2. The average molecular weight is 245 g/mol. The predicted octanol–water partition coefficient (Wildman–Crippen LogP) is 3.82. The average Bonchev–Trinajstić information content (AvgIpc) is 2.42. The van der Waals surface area contributed by atoms with Crippen molar-refractivity contribution in [3.05, 3.63) is 35.4 Å². The van der Waals surface area contributed by atoms with Crippen molar-refractivity contribution in [2.75, 3.05) is 6.61 Å². The van der Waals surface area contributed by atoms with Gasteiger partial charge < -0.3 is 5.11 Å². The molecule has 0 amide bonds. The van der Waals surface area contributed by atoms with Gasteiger partial charge in [0.05, 0.1) is 11.6 Å². The molecule has 0 saturated heterocycles. The van der Waals surface area contributed by atoms with Crippen LogP contribution >= 0.6 is 0 Å². The molecule has 0 unspecified atom stereocenters. The van der Waals surface area contributed by atoms with Crippen LogP contribution in [0.15, 0.2) is 24.3 Å². The van der Waals surface area contributed by atoms with Crippen molar-refractivity contribution in [2.24, 2.45) is 0 Å². The quantitative estimate of drug-likeness (QED) is 0.672. The zero-order chi connectivity index (χ0) is 13.1. The Hall–Kier alpha value is -1.33. The van der Waals surface area contributed by atoms with Crippen molar-refractivity contribution < 1.29 is 5.11 Å². The van der Waals surface area contributed by atoms with E-state index < -0.39 is 0 Å². The first-order valence-corrected chi connectivity index (χ1v) is 6.96. The fourth-order valence-corrected chi connectivity index (χ4v) is 2.07. The topological polar surface area (TPSA) is 44.0 Å². The summed E-state index contributed by atoms with van der Waals surface area (Å²) in [7, 11) is 0. The maximum Gasteiger partial charge on any atom is 0.0991 e. The Bertz CT molecular complexity index is 350. The lowest BCUT2D eigenvalue weighted by molar-refractivity contribution is 0.282. The Balaban J connectivity index is 2.02. The van der Waals surface area contributed by atoms with Crippen molar-refractivity contribution in [1.29, 1.82) is 5.26 Å². The lowest BCUT2D eigenvalue weighted by atomic mass is 10.0. The van der Waals surface area contributed by atoms with E-state index in [0.717, 1.165) is 24.8 Å². The number of aliphatic hydroxyl groups is 1. The van der Waals surface area contributed by atoms with Crippen LogP contribution in [0.5, 0.6) is 0 Å². The van der Waals surface area contributed by atoms with Gasteiger partial charge in [0, 0.05) is 6.61 Å². The number of nitrogens with zero attached hydrogens (tertiary/aromatic N) is 1. The van der Waals surface area contributed by atoms with Gasteiger partial charge in [-0.1, -0.05) is 44.2 Å². The van der Waals surface area contributed by atoms with Crippen LogP contribution in [-0.2, 0) is 6.42 Å². The van der Waals surface area contributed by atoms with E-state index in [1.807, 2.05) is 12.1 Å². The third kappa shape index (κ3) is 6.42. The maximum atomic E-state index is 8.70. The molecule has 1 aromatic rings. The monoisotopic (exact) mass is 245 g/mol. The second kappa shape index (κ2) is 9.67. The SMILES string of the molecule is N#Cc1ccc(CCCCCCCCCO)cc1. The molecule has 0 bridgehead atoms. The molecular weight excluding hydrogens is 222 g/mol. The lowest BCUT2D eigenvalue weighted by Gasteiger charge is -2.02. The number of unbranched alkanes of at least 4 members (excludes halogenated alkanes) is 6. The first-order chi connectivity index (χ1) is 8.86. The molecule has 0 fully saturated rings. The Labute approximate surface area is 110 Å². The summed E-state index contributed by atoms with van der Waals surface area (Å²) in [6, 6.07) is 10.0. The summed E-state index contributed by atoms with van der Waals surface area (Å²) in [4.78, 5) is 0. The molecule has 1 rings (SSSR count). The molecular formula is C16H23NO. The van der Waals surface area contributed by atoms with Gasteiger partial charge in [0.15, 0.2) is 0 Å². The molecule has 1 aromatic carbocycles. The van der Waals surface area contributed by atoms with Crippen molar-refractivity contribution in [1.82, 2.24) is 0 Å². The minimum Gasteiger partial charge on any atom is -0.396 e. The van der Waals surface area contributed by atoms with E-state index in [2.05, 4.69) is 18.2 Å². The molecule has 0 aliphatic heterocycles. The molecule has 1 N–H and O–H groups in total. The zero-order valence-corrected chi connectivity index (χ0v) is 11.1. The summed E-state index contributed by atoms with van der Waals surface area (Å²) in [5.41, 5.74) is 2.07. The van der Waals surface area contributed by atoms with Gasteiger partial charge in [0.1, 0.15) is 0 Å². The Morgan fingerprint density at radius 1 is 0.833 bits per heavy atom. The van der Waals surface area contributed by atoms with E-state index >= 15 is 0 Å². The Kier molecular flexibility index (Phi) is 7.92. The molecule has 0 aliphatic carbocycles. The fourth-order valence-electron chi connectivity index (χ4n) is 2.07. The van der Waals surface area contributed by atoms with Crippen molar-refractivity contribution in [2.45, 2.75) is 51.4 Å². The molecule has 0 atom stereocenters. The van der Waals surface area contributed by atoms with E-state index in [1.165, 1.54) is 37.7 Å². The summed E-state index contributed by atoms with van der Waals surface area (Å²) in [5.74, 6) is 0. The van der Waals surface area contributed by atoms with Crippen LogP contribution in [0.1, 0.15) is 56.1 Å². The summed E-state index contributed by atoms with van der Waals surface area (Å²) in [6.07, 6.45) is 9.55. The van der Waals surface area contributed by atoms with Gasteiger partial charge in [-0.25, -0.2) is 0 Å². The summed E-state index contributed by atoms with van der Waals surface area (Å²) >= 11 is 0. The standard InChI is InChI=1S/C16H23NO/c17-14-16-11-9-15(10-12-16)8-6-4-2-1-3-5-7-13-18/h9-12,18H,1-8,13H2. The number of hydrogen-bond acceptors (Lipinski definition) is 2. The van der Waals surface area contributed by atoms with Crippen molar-refractivity contribution in [3.8, 4) is 6.07 Å². The molecule has 0 aliphatic rings. The van der Waals surface area contributed by atoms with E-state index in [1.54, 1.807) is 0 Å². The minimum absolute atomic E-state index is 0.332. The van der Waals surface area contributed by atoms with Crippen LogP contribution in [0, 0.1) is 11.3 Å². The first kappa shape index (κ1) is 14.7. The van der Waals surface area contributed by atoms with Gasteiger partial charge in [-0.3, -0.25) is 0 Å². The highest BCUT2D eigenvalue weighted by Crippen LogP contribution is 2.11. The fraction of sp³-hybridized carbons (Fsp3) is 0.562. The zero-order valence-electron chi connectivity index (χ0n) is 11.1. The van der Waals surface area contributed by atoms with Gasteiger partial charge in [-0.05, 0) is 37.0 Å². The number of rotatable bonds is 9. The summed E-state index contributed by atoms with van der Waals surface area (Å²) < 4.78 is 0. The normalized spacial score (nSPS) is 10.2. The van der Waals surface area contributed by atoms with Crippen molar-refractivity contribution >= 4 is 0 Å². The van der Waals surface area contributed by atoms with E-state index in [4.69, 9.17) is 10.4 Å². The molecule has 0 aromatic heterocycles. The van der Waals surface area contributed by atoms with Crippen LogP contribution in [0.25, 0.3) is 0 Å². The third-order valence-corrected chi connectivity index (χ3v) is 3.21. The first-order valence-electron chi connectivity index (χ1n) is 6.96. The second-order valence-corrected chi connectivity index (χ2v) is 4.76. The van der Waals surface area contributed by atoms with Crippen LogP contribution in [-0.4, -0.2) is 11.7 Å². The largest absolute Gasteiger partial charge is 0.396 e. The van der Waals surface area contributed by atoms with Crippen LogP contribution in [0.4, 0.5) is 0 Å². The summed E-state index contributed by atoms with van der Waals surface area (Å²) in [5, 5.41) is 17.3. The molecule has 0 heterocycles. The third-order valence-electron chi connectivity index (χ3n) is 3.21. The maximum absolute atomic E-state index is 8.70. The van der Waals surface area contributed by atoms with Crippen LogP contribution in [0.3, 0.4) is 0 Å². The Morgan fingerprint density at radius 2 is 1.39 bits per heavy atom. The van der Waals surface area contributed by atoms with Gasteiger partial charge >= 0.3 is 0 Å². The smallest absolute Gasteiger partial charge is 0.0991 e. The highest BCUT2D eigenvalue weighted by molar-refractivity contribution is 5.31. The van der Waals surface area contributed by atoms with Gasteiger partial charge in [-0.2, -0.15) is 5.26 Å². The number of aryl methyl sites for hydroxylation is 1. The Morgan fingerprint density at radius 3 is 1.94 bits per heavy atom. The number of aliphatic hydroxyl groups excluding tert-OH is 1. The van der Waals surface area contributed by atoms with E-state index in [-0.39, 0.29) is 0 Å². The molecule has 0 radical (unpaired) electrons. The van der Waals surface area contributed by atoms with E-state index in [9.17, 15) is 0 Å². The minimum atomic E-state index is 0.332. The molecule has 98 valence electrons. The lowest BCUT2D eigenvalue weighted by Crippen LogP contribution is -1.87. The highest BCUT2D eigenvalue weighted by Gasteiger charge is 1.95. The van der Waals surface area contributed by atoms with Crippen LogP contribution < -0.4 is 0 Å².